The summed E-state index contributed by atoms with van der Waals surface area (Å²) in [5.74, 6) is -3.37. The van der Waals surface area contributed by atoms with Crippen LogP contribution in [-0.4, -0.2) is 61.1 Å². The number of benzene rings is 6. The smallest absolute Gasteiger partial charge is 0.347 e. The van der Waals surface area contributed by atoms with E-state index in [4.69, 9.17) is 28.4 Å². The summed E-state index contributed by atoms with van der Waals surface area (Å²) in [6.45, 7) is 12.7. The lowest BCUT2D eigenvalue weighted by molar-refractivity contribution is -0.143. The van der Waals surface area contributed by atoms with E-state index in [2.05, 4.69) is 4.99 Å². The second kappa shape index (κ2) is 20.9. The molecular weight excluding hydrogens is 855 g/mol. The summed E-state index contributed by atoms with van der Waals surface area (Å²) in [6.07, 6.45) is 0.516. The van der Waals surface area contributed by atoms with Crippen molar-refractivity contribution in [3.63, 3.8) is 0 Å². The van der Waals surface area contributed by atoms with E-state index in [9.17, 15) is 29.4 Å². The van der Waals surface area contributed by atoms with Crippen molar-refractivity contribution in [3.05, 3.63) is 174 Å². The van der Waals surface area contributed by atoms with Crippen molar-refractivity contribution >= 4 is 30.1 Å². The van der Waals surface area contributed by atoms with Crippen LogP contribution < -0.4 is 18.9 Å². The van der Waals surface area contributed by atoms with Crippen LogP contribution in [0.1, 0.15) is 104 Å². The second-order valence-electron chi connectivity index (χ2n) is 16.0. The molecule has 6 aromatic carbocycles. The minimum absolute atomic E-state index is 0.0168. The third-order valence-corrected chi connectivity index (χ3v) is 11.9. The molecular formula is C54H53NO12. The number of phenols is 2. The zero-order chi connectivity index (χ0) is 48.7. The molecule has 0 aliphatic carbocycles. The van der Waals surface area contributed by atoms with E-state index in [1.165, 1.54) is 34.3 Å². The fourth-order valence-corrected chi connectivity index (χ4v) is 7.94. The molecule has 0 saturated heterocycles. The summed E-state index contributed by atoms with van der Waals surface area (Å²) in [6, 6.07) is 28.0. The lowest BCUT2D eigenvalue weighted by Crippen LogP contribution is -2.19. The molecule has 0 radical (unpaired) electrons. The van der Waals surface area contributed by atoms with Crippen LogP contribution in [0.15, 0.2) is 96.0 Å². The highest BCUT2D eigenvalue weighted by Gasteiger charge is 2.33. The van der Waals surface area contributed by atoms with Crippen molar-refractivity contribution in [1.82, 2.24) is 0 Å². The van der Waals surface area contributed by atoms with Gasteiger partial charge in [0.25, 0.3) is 0 Å². The van der Waals surface area contributed by atoms with Gasteiger partial charge in [-0.3, -0.25) is 9.79 Å². The quantitative estimate of drug-likeness (QED) is 0.0567. The summed E-state index contributed by atoms with van der Waals surface area (Å²) in [5.41, 5.74) is 4.97. The number of aromatic hydroxyl groups is 2. The average Bonchev–Trinajstić information content (AvgIpc) is 3.33. The van der Waals surface area contributed by atoms with Crippen LogP contribution >= 0.6 is 0 Å². The van der Waals surface area contributed by atoms with Crippen LogP contribution in [0, 0.1) is 55.4 Å². The first-order valence-electron chi connectivity index (χ1n) is 21.4. The van der Waals surface area contributed by atoms with Gasteiger partial charge in [-0.25, -0.2) is 14.4 Å². The summed E-state index contributed by atoms with van der Waals surface area (Å²) in [7, 11) is 2.79. The Morgan fingerprint density at radius 2 is 0.970 bits per heavy atom. The molecule has 346 valence electrons. The van der Waals surface area contributed by atoms with Crippen molar-refractivity contribution in [2.75, 3.05) is 20.8 Å². The van der Waals surface area contributed by atoms with Gasteiger partial charge in [0.1, 0.15) is 64.3 Å². The Morgan fingerprint density at radius 1 is 0.522 bits per heavy atom. The first-order valence-corrected chi connectivity index (χ1v) is 21.4. The largest absolute Gasteiger partial charge is 0.507 e. The molecule has 0 aromatic heterocycles. The molecule has 2 N–H and O–H groups in total. The predicted octanol–water partition coefficient (Wildman–Crippen LogP) is 10.1. The number of nitrogens with zero attached hydrogens (tertiary/aromatic N) is 1. The van der Waals surface area contributed by atoms with E-state index in [-0.39, 0.29) is 80.8 Å². The van der Waals surface area contributed by atoms with Gasteiger partial charge in [0.2, 0.25) is 0 Å². The van der Waals surface area contributed by atoms with E-state index < -0.39 is 35.7 Å². The van der Waals surface area contributed by atoms with Gasteiger partial charge in [0.15, 0.2) is 6.10 Å². The molecule has 0 unspecified atom stereocenters. The molecule has 6 rings (SSSR count). The lowest BCUT2D eigenvalue weighted by atomic mass is 9.95. The highest BCUT2D eigenvalue weighted by molar-refractivity contribution is 6.02. The molecule has 0 atom stereocenters. The fraction of sp³-hybridized carbons (Fsp3) is 0.241. The zero-order valence-electron chi connectivity index (χ0n) is 39.2. The van der Waals surface area contributed by atoms with Gasteiger partial charge in [-0.15, -0.1) is 0 Å². The van der Waals surface area contributed by atoms with E-state index in [1.807, 2.05) is 91.0 Å². The molecule has 67 heavy (non-hydrogen) atoms. The van der Waals surface area contributed by atoms with E-state index in [1.54, 1.807) is 41.5 Å². The molecule has 0 aliphatic rings. The monoisotopic (exact) mass is 907 g/mol. The number of hydrogen-bond acceptors (Lipinski definition) is 13. The number of hydrogen-bond donors (Lipinski definition) is 2. The van der Waals surface area contributed by atoms with Gasteiger partial charge < -0.3 is 38.6 Å². The molecule has 0 spiro atoms. The molecule has 0 aliphatic heterocycles. The maximum Gasteiger partial charge on any atom is 0.347 e. The third-order valence-electron chi connectivity index (χ3n) is 11.9. The Kier molecular flexibility index (Phi) is 15.2. The van der Waals surface area contributed by atoms with Crippen molar-refractivity contribution in [2.45, 2.75) is 68.1 Å². The zero-order valence-corrected chi connectivity index (χ0v) is 39.2. The fourth-order valence-electron chi connectivity index (χ4n) is 7.94. The molecule has 6 aromatic rings. The molecule has 0 amide bonds. The van der Waals surface area contributed by atoms with E-state index in [0.717, 1.165) is 16.7 Å². The molecule has 0 fully saturated rings. The highest BCUT2D eigenvalue weighted by atomic mass is 16.6. The number of carbonyl (C=O) groups excluding carboxylic acids is 4. The Labute approximate surface area is 389 Å². The van der Waals surface area contributed by atoms with Crippen molar-refractivity contribution in [3.8, 4) is 34.5 Å². The van der Waals surface area contributed by atoms with Gasteiger partial charge in [-0.2, -0.15) is 0 Å². The van der Waals surface area contributed by atoms with Crippen LogP contribution in [0.5, 0.6) is 34.5 Å². The number of rotatable bonds is 15. The summed E-state index contributed by atoms with van der Waals surface area (Å²) in [4.78, 5) is 59.1. The molecule has 0 saturated carbocycles. The standard InChI is InChI=1S/C54H53NO12/c1-29-31(3)47(65-52(59)42-33(5)40(45(57)34(6)46(42)58)26-55-27-41(56)64-28-37-20-14-11-15-21-37)35(7)49(62-9)43(29)53(60)66-48-32(4)30(2)44(50(63-10)36(48)8)54(61)67-51(38-22-16-12-17-23-38)39-24-18-13-19-25-39/h11-26,51,57-58H,27-28H2,1-10H3. The van der Waals surface area contributed by atoms with Crippen LogP contribution in [-0.2, 0) is 20.9 Å². The van der Waals surface area contributed by atoms with Gasteiger partial charge in [0, 0.05) is 28.5 Å². The van der Waals surface area contributed by atoms with Crippen molar-refractivity contribution < 1.29 is 57.8 Å². The van der Waals surface area contributed by atoms with Crippen molar-refractivity contribution in [2.24, 2.45) is 4.99 Å². The minimum Gasteiger partial charge on any atom is -0.507 e. The van der Waals surface area contributed by atoms with E-state index >= 15 is 0 Å². The third kappa shape index (κ3) is 10.0. The van der Waals surface area contributed by atoms with Gasteiger partial charge in [-0.05, 0) is 99.9 Å². The number of esters is 4. The number of aliphatic imine (C=N–C) groups is 1. The molecule has 0 heterocycles. The molecule has 13 nitrogen and oxygen atoms in total. The van der Waals surface area contributed by atoms with Crippen LogP contribution in [0.2, 0.25) is 0 Å². The Bertz CT molecular complexity index is 2850. The minimum atomic E-state index is -0.968. The Hall–Kier alpha value is -7.93. The Morgan fingerprint density at radius 3 is 1.45 bits per heavy atom. The summed E-state index contributed by atoms with van der Waals surface area (Å²) >= 11 is 0. The van der Waals surface area contributed by atoms with Crippen LogP contribution in [0.4, 0.5) is 0 Å². The van der Waals surface area contributed by atoms with Gasteiger partial charge >= 0.3 is 23.9 Å². The topological polar surface area (TPSA) is 176 Å². The number of ether oxygens (including phenoxy) is 6. The summed E-state index contributed by atoms with van der Waals surface area (Å²) < 4.78 is 35.2. The summed E-state index contributed by atoms with van der Waals surface area (Å²) in [5, 5.41) is 22.1. The SMILES string of the molecule is COc1c(C)c(OC(=O)c2c(C)c(C=NCC(=O)OCc3ccccc3)c(O)c(C)c2O)c(C)c(C)c1C(=O)Oc1c(C)c(C)c(C(=O)OC(c2ccccc2)c2ccccc2)c(OC)c1C. The average molecular weight is 908 g/mol. The highest BCUT2D eigenvalue weighted by Crippen LogP contribution is 2.44. The van der Waals surface area contributed by atoms with Crippen LogP contribution in [0.3, 0.4) is 0 Å². The number of carbonyl (C=O) groups is 4. The molecule has 0 bridgehead atoms. The first kappa shape index (κ1) is 48.5. The maximum absolute atomic E-state index is 14.4. The molecule has 13 heteroatoms. The van der Waals surface area contributed by atoms with Gasteiger partial charge in [-0.1, -0.05) is 91.0 Å². The predicted molar refractivity (Wildman–Crippen MR) is 252 cm³/mol. The normalized spacial score (nSPS) is 11.1. The maximum atomic E-state index is 14.4. The lowest BCUT2D eigenvalue weighted by Gasteiger charge is -2.24. The second-order valence-corrected chi connectivity index (χ2v) is 16.0. The van der Waals surface area contributed by atoms with Crippen molar-refractivity contribution in [1.29, 1.82) is 0 Å². The van der Waals surface area contributed by atoms with E-state index in [0.29, 0.717) is 27.8 Å². The van der Waals surface area contributed by atoms with Gasteiger partial charge in [0.05, 0.1) is 14.2 Å². The number of methoxy groups -OCH3 is 2. The Balaban J connectivity index is 1.27. The van der Waals surface area contributed by atoms with Crippen LogP contribution in [0.25, 0.3) is 0 Å². The number of phenolic OH excluding ortho intramolecular Hbond substituents is 2. The first-order chi connectivity index (χ1) is 32.0.